The van der Waals surface area contributed by atoms with E-state index in [2.05, 4.69) is 6.07 Å². The number of rotatable bonds is 5. The third-order valence-electron chi connectivity index (χ3n) is 3.10. The highest BCUT2D eigenvalue weighted by Gasteiger charge is 2.20. The van der Waals surface area contributed by atoms with Gasteiger partial charge in [0.2, 0.25) is 0 Å². The minimum Gasteiger partial charge on any atom is -0.481 e. The molecule has 2 amide bonds. The first-order chi connectivity index (χ1) is 9.85. The third kappa shape index (κ3) is 4.80. The van der Waals surface area contributed by atoms with Crippen LogP contribution < -0.4 is 0 Å². The minimum absolute atomic E-state index is 0.150. The summed E-state index contributed by atoms with van der Waals surface area (Å²) in [6.07, 6.45) is 0. The van der Waals surface area contributed by atoms with Crippen LogP contribution in [0.4, 0.5) is 4.79 Å². The molecule has 1 aromatic rings. The van der Waals surface area contributed by atoms with Gasteiger partial charge < -0.3 is 14.9 Å². The van der Waals surface area contributed by atoms with Crippen molar-refractivity contribution in [3.63, 3.8) is 0 Å². The lowest BCUT2D eigenvalue weighted by molar-refractivity contribution is -0.141. The van der Waals surface area contributed by atoms with Crippen LogP contribution in [0.25, 0.3) is 0 Å². The van der Waals surface area contributed by atoms with Crippen molar-refractivity contribution < 1.29 is 14.7 Å². The minimum atomic E-state index is -0.931. The quantitative estimate of drug-likeness (QED) is 0.895. The zero-order chi connectivity index (χ0) is 16.0. The molecule has 0 bridgehead atoms. The lowest BCUT2D eigenvalue weighted by atomic mass is 10.1. The zero-order valence-corrected chi connectivity index (χ0v) is 12.4. The number of amides is 2. The van der Waals surface area contributed by atoms with Crippen LogP contribution in [-0.2, 0) is 11.3 Å². The molecule has 1 rings (SSSR count). The van der Waals surface area contributed by atoms with Crippen molar-refractivity contribution in [1.29, 1.82) is 5.26 Å². The van der Waals surface area contributed by atoms with Crippen LogP contribution in [0, 0.1) is 17.2 Å². The van der Waals surface area contributed by atoms with Crippen molar-refractivity contribution in [2.45, 2.75) is 13.5 Å². The molecule has 1 unspecified atom stereocenters. The number of carbonyl (C=O) groups excluding carboxylic acids is 1. The van der Waals surface area contributed by atoms with Crippen molar-refractivity contribution >= 4 is 12.0 Å². The van der Waals surface area contributed by atoms with E-state index < -0.39 is 11.9 Å². The van der Waals surface area contributed by atoms with Crippen LogP contribution in [0.3, 0.4) is 0 Å². The van der Waals surface area contributed by atoms with E-state index in [0.29, 0.717) is 12.1 Å². The fourth-order valence-electron chi connectivity index (χ4n) is 1.94. The molecule has 0 saturated heterocycles. The highest BCUT2D eigenvalue weighted by atomic mass is 16.4. The molecular formula is C15H19N3O3. The smallest absolute Gasteiger partial charge is 0.319 e. The molecule has 0 aromatic heterocycles. The van der Waals surface area contributed by atoms with Gasteiger partial charge in [0.25, 0.3) is 0 Å². The van der Waals surface area contributed by atoms with E-state index in [0.717, 1.165) is 5.56 Å². The number of urea groups is 1. The number of carboxylic acids is 1. The zero-order valence-electron chi connectivity index (χ0n) is 12.4. The van der Waals surface area contributed by atoms with Gasteiger partial charge in [-0.15, -0.1) is 0 Å². The van der Waals surface area contributed by atoms with Crippen LogP contribution >= 0.6 is 0 Å². The molecule has 0 heterocycles. The first-order valence-corrected chi connectivity index (χ1v) is 6.53. The van der Waals surface area contributed by atoms with Crippen molar-refractivity contribution in [2.75, 3.05) is 20.6 Å². The predicted molar refractivity (Wildman–Crippen MR) is 77.4 cm³/mol. The SMILES string of the molecule is CC(CN(C)C(=O)N(C)Cc1cccc(C#N)c1)C(=O)O. The van der Waals surface area contributed by atoms with E-state index in [4.69, 9.17) is 10.4 Å². The molecule has 1 aromatic carbocycles. The lowest BCUT2D eigenvalue weighted by Gasteiger charge is -2.26. The summed E-state index contributed by atoms with van der Waals surface area (Å²) in [7, 11) is 3.22. The molecule has 6 nitrogen and oxygen atoms in total. The molecule has 0 spiro atoms. The van der Waals surface area contributed by atoms with Crippen molar-refractivity contribution in [1.82, 2.24) is 9.80 Å². The second-order valence-electron chi connectivity index (χ2n) is 5.07. The summed E-state index contributed by atoms with van der Waals surface area (Å²) < 4.78 is 0. The number of carbonyl (C=O) groups is 2. The average molecular weight is 289 g/mol. The Labute approximate surface area is 124 Å². The van der Waals surface area contributed by atoms with E-state index in [1.54, 1.807) is 39.2 Å². The molecule has 0 saturated carbocycles. The van der Waals surface area contributed by atoms with Gasteiger partial charge in [0.05, 0.1) is 17.6 Å². The molecule has 21 heavy (non-hydrogen) atoms. The van der Waals surface area contributed by atoms with E-state index in [1.165, 1.54) is 9.80 Å². The number of nitriles is 1. The lowest BCUT2D eigenvalue weighted by Crippen LogP contribution is -2.41. The van der Waals surface area contributed by atoms with E-state index in [-0.39, 0.29) is 12.6 Å². The normalized spacial score (nSPS) is 11.3. The van der Waals surface area contributed by atoms with Crippen LogP contribution in [-0.4, -0.2) is 47.5 Å². The van der Waals surface area contributed by atoms with Crippen molar-refractivity contribution in [3.05, 3.63) is 35.4 Å². The third-order valence-corrected chi connectivity index (χ3v) is 3.10. The second-order valence-corrected chi connectivity index (χ2v) is 5.07. The van der Waals surface area contributed by atoms with Crippen LogP contribution in [0.2, 0.25) is 0 Å². The first-order valence-electron chi connectivity index (χ1n) is 6.53. The molecule has 0 aliphatic heterocycles. The van der Waals surface area contributed by atoms with Gasteiger partial charge in [-0.25, -0.2) is 4.79 Å². The van der Waals surface area contributed by atoms with Gasteiger partial charge in [0.15, 0.2) is 0 Å². The number of carboxylic acid groups (broad SMARTS) is 1. The first kappa shape index (κ1) is 16.5. The largest absolute Gasteiger partial charge is 0.481 e. The van der Waals surface area contributed by atoms with Gasteiger partial charge in [-0.2, -0.15) is 5.26 Å². The summed E-state index contributed by atoms with van der Waals surface area (Å²) >= 11 is 0. The summed E-state index contributed by atoms with van der Waals surface area (Å²) in [5, 5.41) is 17.7. The van der Waals surface area contributed by atoms with Crippen LogP contribution in [0.5, 0.6) is 0 Å². The Kier molecular flexibility index (Phi) is 5.73. The predicted octanol–water partition coefficient (Wildman–Crippen LogP) is 1.76. The van der Waals surface area contributed by atoms with Gasteiger partial charge in [-0.3, -0.25) is 4.79 Å². The van der Waals surface area contributed by atoms with E-state index >= 15 is 0 Å². The van der Waals surface area contributed by atoms with Gasteiger partial charge in [-0.05, 0) is 17.7 Å². The Morgan fingerprint density at radius 1 is 1.33 bits per heavy atom. The molecule has 0 fully saturated rings. The van der Waals surface area contributed by atoms with Gasteiger partial charge in [-0.1, -0.05) is 19.1 Å². The van der Waals surface area contributed by atoms with Crippen LogP contribution in [0.15, 0.2) is 24.3 Å². The maximum atomic E-state index is 12.2. The maximum Gasteiger partial charge on any atom is 0.319 e. The molecule has 1 atom stereocenters. The second kappa shape index (κ2) is 7.29. The maximum absolute atomic E-state index is 12.2. The number of hydrogen-bond acceptors (Lipinski definition) is 3. The molecule has 1 N–H and O–H groups in total. The average Bonchev–Trinajstić information content (AvgIpc) is 2.46. The van der Waals surface area contributed by atoms with Crippen molar-refractivity contribution in [2.24, 2.45) is 5.92 Å². The fraction of sp³-hybridized carbons (Fsp3) is 0.400. The highest BCUT2D eigenvalue weighted by molar-refractivity contribution is 5.75. The number of nitrogens with zero attached hydrogens (tertiary/aromatic N) is 3. The monoisotopic (exact) mass is 289 g/mol. The molecule has 6 heteroatoms. The van der Waals surface area contributed by atoms with E-state index in [9.17, 15) is 9.59 Å². The number of hydrogen-bond donors (Lipinski definition) is 1. The summed E-state index contributed by atoms with van der Waals surface area (Å²) in [4.78, 5) is 25.8. The molecular weight excluding hydrogens is 270 g/mol. The summed E-state index contributed by atoms with van der Waals surface area (Å²) in [5.74, 6) is -1.55. The molecule has 0 aliphatic rings. The molecule has 0 aliphatic carbocycles. The number of aliphatic carboxylic acids is 1. The fourth-order valence-corrected chi connectivity index (χ4v) is 1.94. The number of benzene rings is 1. The Morgan fingerprint density at radius 2 is 2.00 bits per heavy atom. The van der Waals surface area contributed by atoms with E-state index in [1.807, 2.05) is 6.07 Å². The van der Waals surface area contributed by atoms with Gasteiger partial charge >= 0.3 is 12.0 Å². The van der Waals surface area contributed by atoms with Gasteiger partial charge in [0.1, 0.15) is 0 Å². The summed E-state index contributed by atoms with van der Waals surface area (Å²) in [6, 6.07) is 8.82. The standard InChI is InChI=1S/C15H19N3O3/c1-11(14(19)20)9-17(2)15(21)18(3)10-13-6-4-5-12(7-13)8-16/h4-7,11H,9-10H2,1-3H3,(H,19,20). The topological polar surface area (TPSA) is 84.6 Å². The molecule has 112 valence electrons. The Balaban J connectivity index is 2.65. The van der Waals surface area contributed by atoms with Crippen molar-refractivity contribution in [3.8, 4) is 6.07 Å². The Hall–Kier alpha value is -2.55. The molecule has 0 radical (unpaired) electrons. The summed E-state index contributed by atoms with van der Waals surface area (Å²) in [6.45, 7) is 2.07. The Bertz CT molecular complexity index is 566. The van der Waals surface area contributed by atoms with Crippen LogP contribution in [0.1, 0.15) is 18.1 Å². The van der Waals surface area contributed by atoms with Gasteiger partial charge in [0, 0.05) is 27.2 Å². The summed E-state index contributed by atoms with van der Waals surface area (Å²) in [5.41, 5.74) is 1.39. The Morgan fingerprint density at radius 3 is 2.57 bits per heavy atom. The highest BCUT2D eigenvalue weighted by Crippen LogP contribution is 2.09.